The maximum Gasteiger partial charge on any atom is 0.229 e. The number of aldehydes is 1. The van der Waals surface area contributed by atoms with Crippen molar-refractivity contribution < 1.29 is 14.3 Å². The van der Waals surface area contributed by atoms with Gasteiger partial charge in [0.05, 0.1) is 19.3 Å². The average molecular weight is 399 g/mol. The van der Waals surface area contributed by atoms with Crippen LogP contribution in [0.1, 0.15) is 42.4 Å². The van der Waals surface area contributed by atoms with Crippen LogP contribution in [0.15, 0.2) is 48.5 Å². The highest BCUT2D eigenvalue weighted by molar-refractivity contribution is 6.30. The molecule has 0 N–H and O–H groups in total. The van der Waals surface area contributed by atoms with Gasteiger partial charge in [0, 0.05) is 10.4 Å². The number of hydrogen-bond donors (Lipinski definition) is 0. The molecule has 0 bridgehead atoms. The Balaban J connectivity index is 2.05. The number of methoxy groups -OCH3 is 1. The molecule has 3 rings (SSSR count). The molecular formula is C22H23ClN2O3. The number of carbonyl (C=O) groups is 1. The number of carbonyl (C=O) groups excluding carboxylic acids is 1. The predicted molar refractivity (Wildman–Crippen MR) is 110 cm³/mol. The molecule has 0 saturated carbocycles. The molecule has 0 aliphatic rings. The summed E-state index contributed by atoms with van der Waals surface area (Å²) in [5, 5.41) is 5.26. The van der Waals surface area contributed by atoms with Gasteiger partial charge in [0.15, 0.2) is 6.29 Å². The smallest absolute Gasteiger partial charge is 0.229 e. The number of aromatic nitrogens is 2. The lowest BCUT2D eigenvalue weighted by Crippen LogP contribution is -2.15. The first kappa shape index (κ1) is 20.0. The summed E-state index contributed by atoms with van der Waals surface area (Å²) in [4.78, 5) is 11.9. The maximum absolute atomic E-state index is 11.9. The number of halogens is 1. The van der Waals surface area contributed by atoms with Gasteiger partial charge in [0.1, 0.15) is 17.1 Å². The Kier molecular flexibility index (Phi) is 5.75. The minimum Gasteiger partial charge on any atom is -0.497 e. The van der Waals surface area contributed by atoms with E-state index in [0.29, 0.717) is 34.5 Å². The van der Waals surface area contributed by atoms with E-state index in [1.165, 1.54) is 0 Å². The van der Waals surface area contributed by atoms with Crippen molar-refractivity contribution in [1.29, 1.82) is 0 Å². The van der Waals surface area contributed by atoms with E-state index in [1.807, 2.05) is 45.0 Å². The average Bonchev–Trinajstić information content (AvgIpc) is 3.00. The Bertz CT molecular complexity index is 972. The van der Waals surface area contributed by atoms with Crippen molar-refractivity contribution in [2.24, 2.45) is 0 Å². The van der Waals surface area contributed by atoms with Gasteiger partial charge in [0.25, 0.3) is 0 Å². The molecule has 5 nitrogen and oxygen atoms in total. The van der Waals surface area contributed by atoms with Crippen LogP contribution in [-0.2, 0) is 12.0 Å². The van der Waals surface area contributed by atoms with E-state index in [2.05, 4.69) is 0 Å². The Morgan fingerprint density at radius 1 is 1.11 bits per heavy atom. The molecule has 146 valence electrons. The van der Waals surface area contributed by atoms with Gasteiger partial charge in [-0.3, -0.25) is 4.79 Å². The molecule has 1 aromatic heterocycles. The second kappa shape index (κ2) is 8.07. The standard InChI is InChI=1S/C22H23ClN2O3/c1-22(2,3)20-19(14-26)21(28-18-7-5-6-16(23)12-18)25(24-20)13-15-8-10-17(27-4)11-9-15/h5-12,14H,13H2,1-4H3. The zero-order chi connectivity index (χ0) is 20.3. The predicted octanol–water partition coefficient (Wildman–Crippen LogP) is 5.50. The topological polar surface area (TPSA) is 53.4 Å². The molecule has 0 aliphatic carbocycles. The van der Waals surface area contributed by atoms with Crippen molar-refractivity contribution in [2.45, 2.75) is 32.7 Å². The normalized spacial score (nSPS) is 11.3. The molecule has 2 aromatic carbocycles. The molecular weight excluding hydrogens is 376 g/mol. The molecule has 1 heterocycles. The van der Waals surface area contributed by atoms with Gasteiger partial charge in [0.2, 0.25) is 5.88 Å². The number of nitrogens with zero attached hydrogens (tertiary/aromatic N) is 2. The van der Waals surface area contributed by atoms with Crippen LogP contribution in [0.2, 0.25) is 5.02 Å². The highest BCUT2D eigenvalue weighted by Crippen LogP contribution is 2.34. The van der Waals surface area contributed by atoms with E-state index in [9.17, 15) is 4.79 Å². The highest BCUT2D eigenvalue weighted by atomic mass is 35.5. The summed E-state index contributed by atoms with van der Waals surface area (Å²) < 4.78 is 13.0. The van der Waals surface area contributed by atoms with Crippen molar-refractivity contribution in [2.75, 3.05) is 7.11 Å². The first-order valence-corrected chi connectivity index (χ1v) is 9.32. The molecule has 0 amide bonds. The van der Waals surface area contributed by atoms with E-state index in [0.717, 1.165) is 17.6 Å². The van der Waals surface area contributed by atoms with E-state index >= 15 is 0 Å². The third kappa shape index (κ3) is 4.37. The zero-order valence-corrected chi connectivity index (χ0v) is 17.2. The summed E-state index contributed by atoms with van der Waals surface area (Å²) in [5.74, 6) is 1.73. The fourth-order valence-corrected chi connectivity index (χ4v) is 3.06. The first-order valence-electron chi connectivity index (χ1n) is 8.94. The van der Waals surface area contributed by atoms with E-state index in [-0.39, 0.29) is 5.41 Å². The van der Waals surface area contributed by atoms with Gasteiger partial charge in [-0.05, 0) is 35.9 Å². The minimum absolute atomic E-state index is 0.312. The zero-order valence-electron chi connectivity index (χ0n) is 16.4. The molecule has 6 heteroatoms. The van der Waals surface area contributed by atoms with Crippen LogP contribution in [0, 0.1) is 0 Å². The summed E-state index contributed by atoms with van der Waals surface area (Å²) in [6.07, 6.45) is 0.804. The summed E-state index contributed by atoms with van der Waals surface area (Å²) in [6.45, 7) is 6.51. The highest BCUT2D eigenvalue weighted by Gasteiger charge is 2.28. The van der Waals surface area contributed by atoms with Crippen molar-refractivity contribution in [3.8, 4) is 17.4 Å². The molecule has 0 spiro atoms. The van der Waals surface area contributed by atoms with Crippen LogP contribution in [-0.4, -0.2) is 23.2 Å². The van der Waals surface area contributed by atoms with E-state index < -0.39 is 0 Å². The second-order valence-corrected chi connectivity index (χ2v) is 7.94. The van der Waals surface area contributed by atoms with Crippen LogP contribution < -0.4 is 9.47 Å². The number of ether oxygens (including phenoxy) is 2. The Morgan fingerprint density at radius 3 is 2.39 bits per heavy atom. The number of benzene rings is 2. The van der Waals surface area contributed by atoms with Crippen LogP contribution in [0.4, 0.5) is 0 Å². The van der Waals surface area contributed by atoms with Crippen molar-refractivity contribution in [3.05, 3.63) is 70.4 Å². The monoisotopic (exact) mass is 398 g/mol. The van der Waals surface area contributed by atoms with Gasteiger partial charge < -0.3 is 9.47 Å². The molecule has 0 aliphatic heterocycles. The molecule has 28 heavy (non-hydrogen) atoms. The van der Waals surface area contributed by atoms with Crippen LogP contribution >= 0.6 is 11.6 Å². The van der Waals surface area contributed by atoms with Crippen LogP contribution in [0.25, 0.3) is 0 Å². The molecule has 0 saturated heterocycles. The quantitative estimate of drug-likeness (QED) is 0.515. The number of rotatable bonds is 6. The van der Waals surface area contributed by atoms with Crippen LogP contribution in [0.5, 0.6) is 17.4 Å². The van der Waals surface area contributed by atoms with Gasteiger partial charge in [-0.1, -0.05) is 50.6 Å². The molecule has 0 atom stereocenters. The minimum atomic E-state index is -0.312. The maximum atomic E-state index is 11.9. The lowest BCUT2D eigenvalue weighted by Gasteiger charge is -2.15. The van der Waals surface area contributed by atoms with Crippen molar-refractivity contribution in [1.82, 2.24) is 9.78 Å². The fourth-order valence-electron chi connectivity index (χ4n) is 2.88. The van der Waals surface area contributed by atoms with Crippen LogP contribution in [0.3, 0.4) is 0 Å². The molecule has 3 aromatic rings. The van der Waals surface area contributed by atoms with Gasteiger partial charge >= 0.3 is 0 Å². The Hall–Kier alpha value is -2.79. The largest absolute Gasteiger partial charge is 0.497 e. The summed E-state index contributed by atoms with van der Waals surface area (Å²) in [5.41, 5.74) is 1.83. The molecule has 0 fully saturated rings. The Morgan fingerprint density at radius 2 is 1.82 bits per heavy atom. The van der Waals surface area contributed by atoms with E-state index in [4.69, 9.17) is 26.2 Å². The summed E-state index contributed by atoms with van der Waals surface area (Å²) >= 11 is 6.08. The van der Waals surface area contributed by atoms with Gasteiger partial charge in [-0.15, -0.1) is 0 Å². The molecule has 0 unspecified atom stereocenters. The fraction of sp³-hybridized carbons (Fsp3) is 0.273. The van der Waals surface area contributed by atoms with Crippen molar-refractivity contribution in [3.63, 3.8) is 0 Å². The third-order valence-corrected chi connectivity index (χ3v) is 4.51. The lowest BCUT2D eigenvalue weighted by atomic mass is 9.90. The SMILES string of the molecule is COc1ccc(Cn2nc(C(C)(C)C)c(C=O)c2Oc2cccc(Cl)c2)cc1. The van der Waals surface area contributed by atoms with Gasteiger partial charge in [-0.25, -0.2) is 4.68 Å². The lowest BCUT2D eigenvalue weighted by molar-refractivity contribution is 0.111. The van der Waals surface area contributed by atoms with Crippen molar-refractivity contribution >= 4 is 17.9 Å². The van der Waals surface area contributed by atoms with Gasteiger partial charge in [-0.2, -0.15) is 5.10 Å². The number of hydrogen-bond acceptors (Lipinski definition) is 4. The summed E-state index contributed by atoms with van der Waals surface area (Å²) in [7, 11) is 1.63. The summed E-state index contributed by atoms with van der Waals surface area (Å²) in [6, 6.07) is 14.8. The third-order valence-electron chi connectivity index (χ3n) is 4.27. The second-order valence-electron chi connectivity index (χ2n) is 7.50. The van der Waals surface area contributed by atoms with E-state index in [1.54, 1.807) is 36.1 Å². The Labute approximate surface area is 169 Å². The molecule has 0 radical (unpaired) electrons. The first-order chi connectivity index (χ1) is 13.3.